The molecule has 1 atom stereocenters. The molecule has 1 fully saturated rings. The van der Waals surface area contributed by atoms with Crippen LogP contribution in [-0.2, 0) is 11.3 Å². The van der Waals surface area contributed by atoms with Crippen LogP contribution in [0.4, 0.5) is 4.79 Å². The van der Waals surface area contributed by atoms with Crippen LogP contribution in [0.2, 0.25) is 0 Å². The summed E-state index contributed by atoms with van der Waals surface area (Å²) in [5.74, 6) is 1.13. The third-order valence-corrected chi connectivity index (χ3v) is 3.51. The highest BCUT2D eigenvalue weighted by Crippen LogP contribution is 2.16. The smallest absolute Gasteiger partial charge is 0.317 e. The van der Waals surface area contributed by atoms with Gasteiger partial charge in [-0.05, 0) is 6.92 Å². The number of amides is 3. The predicted octanol–water partition coefficient (Wildman–Crippen LogP) is 0.419. The maximum Gasteiger partial charge on any atom is 0.317 e. The number of likely N-dealkylation sites (tertiary alicyclic amines) is 1. The number of carbonyl (C=O) groups excluding carboxylic acids is 2. The molecule has 0 aromatic carbocycles. The average Bonchev–Trinajstić information content (AvgIpc) is 3.05. The fourth-order valence-corrected chi connectivity index (χ4v) is 2.34. The predicted molar refractivity (Wildman–Crippen MR) is 73.8 cm³/mol. The summed E-state index contributed by atoms with van der Waals surface area (Å²) in [5.41, 5.74) is 0. The van der Waals surface area contributed by atoms with E-state index in [9.17, 15) is 9.59 Å². The van der Waals surface area contributed by atoms with Gasteiger partial charge in [0.1, 0.15) is 5.82 Å². The lowest BCUT2D eigenvalue weighted by Crippen LogP contribution is -2.39. The van der Waals surface area contributed by atoms with Crippen LogP contribution >= 0.6 is 0 Å². The number of aromatic nitrogens is 2. The summed E-state index contributed by atoms with van der Waals surface area (Å²) in [6, 6.07) is -0.149. The third-order valence-electron chi connectivity index (χ3n) is 3.51. The molecule has 0 saturated carbocycles. The van der Waals surface area contributed by atoms with E-state index in [4.69, 9.17) is 0 Å². The molecule has 0 radical (unpaired) electrons. The molecule has 0 aliphatic carbocycles. The molecule has 1 aromatic rings. The topological polar surface area (TPSA) is 81.3 Å². The van der Waals surface area contributed by atoms with E-state index < -0.39 is 0 Å². The summed E-state index contributed by atoms with van der Waals surface area (Å²) in [7, 11) is 1.72. The van der Waals surface area contributed by atoms with Gasteiger partial charge in [-0.3, -0.25) is 4.79 Å². The van der Waals surface area contributed by atoms with Crippen LogP contribution in [-0.4, -0.2) is 58.4 Å². The van der Waals surface area contributed by atoms with Crippen LogP contribution in [0.1, 0.15) is 19.2 Å². The molecule has 2 rings (SSSR count). The Morgan fingerprint density at radius 3 is 3.05 bits per heavy atom. The molecule has 0 spiro atoms. The van der Waals surface area contributed by atoms with Crippen LogP contribution in [0.15, 0.2) is 12.4 Å². The Kier molecular flexibility index (Phi) is 4.60. The number of nitrogens with one attached hydrogen (secondary N) is 2. The Morgan fingerprint density at radius 1 is 1.65 bits per heavy atom. The van der Waals surface area contributed by atoms with Crippen molar-refractivity contribution in [1.82, 2.24) is 25.1 Å². The van der Waals surface area contributed by atoms with Gasteiger partial charge in [0.05, 0.1) is 6.54 Å². The van der Waals surface area contributed by atoms with Crippen molar-refractivity contribution in [3.63, 3.8) is 0 Å². The molecule has 110 valence electrons. The van der Waals surface area contributed by atoms with E-state index in [0.717, 1.165) is 18.9 Å². The lowest BCUT2D eigenvalue weighted by molar-refractivity contribution is -0.127. The monoisotopic (exact) mass is 279 g/mol. The number of carbonyl (C=O) groups is 2. The second-order valence-electron chi connectivity index (χ2n) is 5.08. The minimum atomic E-state index is -0.149. The quantitative estimate of drug-likeness (QED) is 0.819. The number of imidazole rings is 1. The molecule has 2 heterocycles. The van der Waals surface area contributed by atoms with Crippen LogP contribution < -0.4 is 5.32 Å². The van der Waals surface area contributed by atoms with Gasteiger partial charge >= 0.3 is 6.03 Å². The molecule has 0 bridgehead atoms. The second-order valence-corrected chi connectivity index (χ2v) is 5.08. The molecular formula is C13H21N5O2. The summed E-state index contributed by atoms with van der Waals surface area (Å²) in [4.78, 5) is 33.9. The molecule has 7 nitrogen and oxygen atoms in total. The van der Waals surface area contributed by atoms with Crippen molar-refractivity contribution in [2.75, 3.05) is 26.7 Å². The van der Waals surface area contributed by atoms with E-state index in [1.54, 1.807) is 24.3 Å². The van der Waals surface area contributed by atoms with Gasteiger partial charge in [-0.2, -0.15) is 0 Å². The molecule has 1 aliphatic rings. The summed E-state index contributed by atoms with van der Waals surface area (Å²) in [6.45, 7) is 4.41. The summed E-state index contributed by atoms with van der Waals surface area (Å²) in [6.07, 6.45) is 3.91. The zero-order valence-electron chi connectivity index (χ0n) is 11.9. The standard InChI is InChI=1S/C13H21N5O2/c1-3-18-8-10(6-12(18)19)7-16-13(20)17(2)9-11-14-4-5-15-11/h4-5,10H,3,6-9H2,1-2H3,(H,14,15)(H,16,20). The minimum Gasteiger partial charge on any atom is -0.347 e. The Balaban J connectivity index is 1.74. The first-order valence-corrected chi connectivity index (χ1v) is 6.85. The number of aromatic amines is 1. The second kappa shape index (κ2) is 6.40. The lowest BCUT2D eigenvalue weighted by Gasteiger charge is -2.18. The molecule has 1 unspecified atom stereocenters. The van der Waals surface area contributed by atoms with Crippen molar-refractivity contribution in [3.8, 4) is 0 Å². The maximum absolute atomic E-state index is 11.9. The van der Waals surface area contributed by atoms with E-state index in [2.05, 4.69) is 15.3 Å². The van der Waals surface area contributed by atoms with Crippen LogP contribution in [0, 0.1) is 5.92 Å². The van der Waals surface area contributed by atoms with Crippen molar-refractivity contribution >= 4 is 11.9 Å². The zero-order valence-corrected chi connectivity index (χ0v) is 11.9. The van der Waals surface area contributed by atoms with Gasteiger partial charge in [-0.1, -0.05) is 0 Å². The van der Waals surface area contributed by atoms with Crippen LogP contribution in [0.5, 0.6) is 0 Å². The number of hydrogen-bond acceptors (Lipinski definition) is 3. The fourth-order valence-electron chi connectivity index (χ4n) is 2.34. The number of nitrogens with zero attached hydrogens (tertiary/aromatic N) is 3. The van der Waals surface area contributed by atoms with Gasteiger partial charge in [0.15, 0.2) is 0 Å². The molecule has 7 heteroatoms. The first-order chi connectivity index (χ1) is 9.60. The van der Waals surface area contributed by atoms with E-state index in [1.165, 1.54) is 0 Å². The third kappa shape index (κ3) is 3.49. The first kappa shape index (κ1) is 14.4. The SMILES string of the molecule is CCN1CC(CNC(=O)N(C)Cc2ncc[nH]2)CC1=O. The number of urea groups is 1. The molecule has 1 aliphatic heterocycles. The number of H-pyrrole nitrogens is 1. The van der Waals surface area contributed by atoms with E-state index in [1.807, 2.05) is 11.8 Å². The zero-order chi connectivity index (χ0) is 14.5. The molecular weight excluding hydrogens is 258 g/mol. The van der Waals surface area contributed by atoms with E-state index in [-0.39, 0.29) is 17.9 Å². The average molecular weight is 279 g/mol. The molecule has 3 amide bonds. The van der Waals surface area contributed by atoms with Crippen molar-refractivity contribution in [1.29, 1.82) is 0 Å². The van der Waals surface area contributed by atoms with Gasteiger partial charge in [-0.15, -0.1) is 0 Å². The van der Waals surface area contributed by atoms with Crippen molar-refractivity contribution in [2.24, 2.45) is 5.92 Å². The Hall–Kier alpha value is -2.05. The molecule has 1 aromatic heterocycles. The maximum atomic E-state index is 11.9. The Bertz CT molecular complexity index is 459. The number of hydrogen-bond donors (Lipinski definition) is 2. The first-order valence-electron chi connectivity index (χ1n) is 6.85. The molecule has 20 heavy (non-hydrogen) atoms. The highest BCUT2D eigenvalue weighted by molar-refractivity contribution is 5.79. The summed E-state index contributed by atoms with van der Waals surface area (Å²) < 4.78 is 0. The van der Waals surface area contributed by atoms with Crippen molar-refractivity contribution in [3.05, 3.63) is 18.2 Å². The highest BCUT2D eigenvalue weighted by atomic mass is 16.2. The van der Waals surface area contributed by atoms with E-state index in [0.29, 0.717) is 19.5 Å². The summed E-state index contributed by atoms with van der Waals surface area (Å²) in [5, 5.41) is 2.87. The van der Waals surface area contributed by atoms with Crippen molar-refractivity contribution < 1.29 is 9.59 Å². The highest BCUT2D eigenvalue weighted by Gasteiger charge is 2.28. The number of rotatable bonds is 5. The van der Waals surface area contributed by atoms with E-state index >= 15 is 0 Å². The minimum absolute atomic E-state index is 0.149. The van der Waals surface area contributed by atoms with Gasteiger partial charge in [-0.25, -0.2) is 9.78 Å². The van der Waals surface area contributed by atoms with Gasteiger partial charge in [0, 0.05) is 51.4 Å². The Morgan fingerprint density at radius 2 is 2.45 bits per heavy atom. The van der Waals surface area contributed by atoms with Crippen molar-refractivity contribution in [2.45, 2.75) is 19.9 Å². The van der Waals surface area contributed by atoms with Crippen LogP contribution in [0.3, 0.4) is 0 Å². The van der Waals surface area contributed by atoms with Gasteiger partial charge in [0.25, 0.3) is 0 Å². The molecule has 1 saturated heterocycles. The lowest BCUT2D eigenvalue weighted by atomic mass is 10.1. The normalized spacial score (nSPS) is 18.4. The van der Waals surface area contributed by atoms with Crippen LogP contribution in [0.25, 0.3) is 0 Å². The van der Waals surface area contributed by atoms with Gasteiger partial charge < -0.3 is 20.1 Å². The van der Waals surface area contributed by atoms with Gasteiger partial charge in [0.2, 0.25) is 5.91 Å². The Labute approximate surface area is 118 Å². The summed E-state index contributed by atoms with van der Waals surface area (Å²) >= 11 is 0. The molecule has 2 N–H and O–H groups in total. The fraction of sp³-hybridized carbons (Fsp3) is 0.615. The largest absolute Gasteiger partial charge is 0.347 e.